The van der Waals surface area contributed by atoms with Gasteiger partial charge in [0.05, 0.1) is 5.75 Å². The number of hydrogen-bond donors (Lipinski definition) is 1. The molecule has 0 saturated heterocycles. The first-order valence-corrected chi connectivity index (χ1v) is 10.5. The van der Waals surface area contributed by atoms with Crippen molar-refractivity contribution in [3.05, 3.63) is 54.2 Å². The lowest BCUT2D eigenvalue weighted by Gasteiger charge is -2.12. The number of nitrogens with one attached hydrogen (secondary N) is 1. The maximum Gasteiger partial charge on any atom is 0.230 e. The van der Waals surface area contributed by atoms with Crippen molar-refractivity contribution in [2.45, 2.75) is 44.8 Å². The smallest absolute Gasteiger partial charge is 0.230 e. The zero-order valence-corrected chi connectivity index (χ0v) is 17.2. The van der Waals surface area contributed by atoms with Crippen molar-refractivity contribution >= 4 is 17.7 Å². The summed E-state index contributed by atoms with van der Waals surface area (Å²) in [6.07, 6.45) is 3.62. The van der Waals surface area contributed by atoms with E-state index >= 15 is 0 Å². The van der Waals surface area contributed by atoms with Gasteiger partial charge in [0.2, 0.25) is 5.91 Å². The lowest BCUT2D eigenvalue weighted by atomic mass is 10.1. The van der Waals surface area contributed by atoms with Crippen LogP contribution >= 0.6 is 11.8 Å². The molecule has 0 radical (unpaired) electrons. The fourth-order valence-electron chi connectivity index (χ4n) is 2.69. The minimum atomic E-state index is -0.00498. The molecule has 1 atom stereocenters. The van der Waals surface area contributed by atoms with E-state index in [0.29, 0.717) is 11.0 Å². The Bertz CT molecular complexity index is 908. The quantitative estimate of drug-likeness (QED) is 0.586. The van der Waals surface area contributed by atoms with Crippen LogP contribution in [0.4, 0.5) is 0 Å². The van der Waals surface area contributed by atoms with Gasteiger partial charge >= 0.3 is 0 Å². The lowest BCUT2D eigenvalue weighted by Crippen LogP contribution is -2.33. The molecule has 146 valence electrons. The molecule has 0 spiro atoms. The van der Waals surface area contributed by atoms with E-state index in [4.69, 9.17) is 0 Å². The van der Waals surface area contributed by atoms with E-state index in [1.165, 1.54) is 17.3 Å². The second-order valence-electron chi connectivity index (χ2n) is 6.54. The van der Waals surface area contributed by atoms with E-state index in [2.05, 4.69) is 51.7 Å². The van der Waals surface area contributed by atoms with Crippen LogP contribution in [-0.4, -0.2) is 37.5 Å². The highest BCUT2D eigenvalue weighted by atomic mass is 32.2. The number of carbonyl (C=O) groups excluding carboxylic acids is 1. The van der Waals surface area contributed by atoms with Gasteiger partial charge in [0.1, 0.15) is 5.69 Å². The number of amides is 1. The van der Waals surface area contributed by atoms with Crippen LogP contribution in [0.1, 0.15) is 32.8 Å². The molecule has 0 saturated carbocycles. The number of hydrogen-bond acceptors (Lipinski definition) is 5. The molecule has 2 aromatic heterocycles. The molecule has 3 rings (SSSR count). The highest BCUT2D eigenvalue weighted by molar-refractivity contribution is 7.99. The maximum atomic E-state index is 12.2. The Kier molecular flexibility index (Phi) is 6.81. The number of pyridine rings is 1. The monoisotopic (exact) mass is 395 g/mol. The molecule has 1 N–H and O–H groups in total. The molecule has 0 bridgehead atoms. The summed E-state index contributed by atoms with van der Waals surface area (Å²) in [5.41, 5.74) is 2.96. The predicted molar refractivity (Wildman–Crippen MR) is 113 cm³/mol. The average Bonchev–Trinajstić information content (AvgIpc) is 3.16. The molecular weight excluding hydrogens is 370 g/mol. The summed E-state index contributed by atoms with van der Waals surface area (Å²) in [6, 6.07) is 14.2. The fraction of sp³-hybridized carbons (Fsp3) is 0.333. The summed E-state index contributed by atoms with van der Waals surface area (Å²) in [6.45, 7) is 6.18. The molecule has 0 unspecified atom stereocenters. The Balaban J connectivity index is 1.91. The molecule has 0 fully saturated rings. The van der Waals surface area contributed by atoms with E-state index in [0.717, 1.165) is 24.2 Å². The number of thioether (sulfide) groups is 1. The number of aryl methyl sites for hydroxylation is 1. The SMILES string of the molecule is CCc1ccc(-n2c(SCC(=O)N[C@@H](C)CC)nnc2-c2ccccn2)cc1. The second-order valence-corrected chi connectivity index (χ2v) is 7.48. The number of benzene rings is 1. The van der Waals surface area contributed by atoms with Gasteiger partial charge in [-0.3, -0.25) is 14.3 Å². The van der Waals surface area contributed by atoms with E-state index < -0.39 is 0 Å². The van der Waals surface area contributed by atoms with Gasteiger partial charge in [0.15, 0.2) is 11.0 Å². The third kappa shape index (κ3) is 4.78. The standard InChI is InChI=1S/C21H25N5OS/c1-4-15(3)23-19(27)14-28-21-25-24-20(18-8-6-7-13-22-18)26(21)17-11-9-16(5-2)10-12-17/h6-13,15H,4-5,14H2,1-3H3,(H,23,27)/t15-/m0/s1. The molecule has 1 amide bonds. The first-order chi connectivity index (χ1) is 13.6. The molecule has 28 heavy (non-hydrogen) atoms. The van der Waals surface area contributed by atoms with Gasteiger partial charge in [-0.2, -0.15) is 0 Å². The van der Waals surface area contributed by atoms with Crippen molar-refractivity contribution in [2.24, 2.45) is 0 Å². The van der Waals surface area contributed by atoms with Crippen molar-refractivity contribution in [2.75, 3.05) is 5.75 Å². The number of nitrogens with zero attached hydrogens (tertiary/aromatic N) is 4. The Labute approximate surface area is 169 Å². The molecule has 6 nitrogen and oxygen atoms in total. The van der Waals surface area contributed by atoms with Crippen LogP contribution < -0.4 is 5.32 Å². The van der Waals surface area contributed by atoms with Crippen molar-refractivity contribution in [1.29, 1.82) is 0 Å². The van der Waals surface area contributed by atoms with Crippen molar-refractivity contribution in [3.63, 3.8) is 0 Å². The van der Waals surface area contributed by atoms with Crippen LogP contribution in [0, 0.1) is 0 Å². The molecule has 0 aliphatic heterocycles. The fourth-order valence-corrected chi connectivity index (χ4v) is 3.45. The van der Waals surface area contributed by atoms with Gasteiger partial charge < -0.3 is 5.32 Å². The van der Waals surface area contributed by atoms with Crippen LogP contribution in [0.15, 0.2) is 53.8 Å². The normalized spacial score (nSPS) is 12.0. The first-order valence-electron chi connectivity index (χ1n) is 9.50. The lowest BCUT2D eigenvalue weighted by molar-refractivity contribution is -0.119. The van der Waals surface area contributed by atoms with E-state index in [-0.39, 0.29) is 17.7 Å². The minimum Gasteiger partial charge on any atom is -0.353 e. The van der Waals surface area contributed by atoms with Gasteiger partial charge in [-0.1, -0.05) is 43.8 Å². The second kappa shape index (κ2) is 9.50. The maximum absolute atomic E-state index is 12.2. The van der Waals surface area contributed by atoms with Gasteiger partial charge in [0, 0.05) is 17.9 Å². The van der Waals surface area contributed by atoms with Crippen LogP contribution in [0.25, 0.3) is 17.2 Å². The summed E-state index contributed by atoms with van der Waals surface area (Å²) in [4.78, 5) is 16.6. The highest BCUT2D eigenvalue weighted by Gasteiger charge is 2.18. The van der Waals surface area contributed by atoms with Crippen LogP contribution in [0.2, 0.25) is 0 Å². The highest BCUT2D eigenvalue weighted by Crippen LogP contribution is 2.27. The Morgan fingerprint density at radius 2 is 1.93 bits per heavy atom. The molecule has 3 aromatic rings. The van der Waals surface area contributed by atoms with E-state index in [1.54, 1.807) is 6.20 Å². The summed E-state index contributed by atoms with van der Waals surface area (Å²) < 4.78 is 1.96. The first kappa shape index (κ1) is 20.1. The molecule has 1 aromatic carbocycles. The zero-order chi connectivity index (χ0) is 19.9. The van der Waals surface area contributed by atoms with E-state index in [9.17, 15) is 4.79 Å². The number of aromatic nitrogens is 4. The summed E-state index contributed by atoms with van der Waals surface area (Å²) in [7, 11) is 0. The van der Waals surface area contributed by atoms with Crippen molar-refractivity contribution in [3.8, 4) is 17.2 Å². The van der Waals surface area contributed by atoms with Crippen LogP contribution in [0.5, 0.6) is 0 Å². The Morgan fingerprint density at radius 1 is 1.14 bits per heavy atom. The van der Waals surface area contributed by atoms with Gasteiger partial charge in [-0.05, 0) is 49.6 Å². The van der Waals surface area contributed by atoms with Gasteiger partial charge in [-0.25, -0.2) is 0 Å². The Hall–Kier alpha value is -2.67. The summed E-state index contributed by atoms with van der Waals surface area (Å²) >= 11 is 1.38. The van der Waals surface area contributed by atoms with Gasteiger partial charge in [0.25, 0.3) is 0 Å². The Morgan fingerprint density at radius 3 is 2.57 bits per heavy atom. The minimum absolute atomic E-state index is 0.00498. The predicted octanol–water partition coefficient (Wildman–Crippen LogP) is 3.90. The van der Waals surface area contributed by atoms with Crippen LogP contribution in [0.3, 0.4) is 0 Å². The number of carbonyl (C=O) groups is 1. The third-order valence-corrected chi connectivity index (χ3v) is 5.41. The van der Waals surface area contributed by atoms with Crippen LogP contribution in [-0.2, 0) is 11.2 Å². The van der Waals surface area contributed by atoms with Gasteiger partial charge in [-0.15, -0.1) is 10.2 Å². The van der Waals surface area contributed by atoms with Crippen molar-refractivity contribution in [1.82, 2.24) is 25.1 Å². The summed E-state index contributed by atoms with van der Waals surface area (Å²) in [5.74, 6) is 0.946. The molecule has 0 aliphatic rings. The topological polar surface area (TPSA) is 72.7 Å². The largest absolute Gasteiger partial charge is 0.353 e. The summed E-state index contributed by atoms with van der Waals surface area (Å²) in [5, 5.41) is 12.4. The van der Waals surface area contributed by atoms with Crippen molar-refractivity contribution < 1.29 is 4.79 Å². The zero-order valence-electron chi connectivity index (χ0n) is 16.4. The molecule has 2 heterocycles. The molecule has 7 heteroatoms. The molecular formula is C21H25N5OS. The number of rotatable bonds is 8. The van der Waals surface area contributed by atoms with E-state index in [1.807, 2.05) is 36.6 Å². The molecule has 0 aliphatic carbocycles. The average molecular weight is 396 g/mol. The third-order valence-electron chi connectivity index (χ3n) is 4.48.